The van der Waals surface area contributed by atoms with E-state index < -0.39 is 8.32 Å². The number of fused-ring (bicyclic) bond motifs is 1. The Bertz CT molecular complexity index is 828. The van der Waals surface area contributed by atoms with Gasteiger partial charge in [-0.1, -0.05) is 32.4 Å². The monoisotopic (exact) mass is 419 g/mol. The summed E-state index contributed by atoms with van der Waals surface area (Å²) in [4.78, 5) is 16.9. The second kappa shape index (κ2) is 7.36. The van der Waals surface area contributed by atoms with Gasteiger partial charge in [-0.15, -0.1) is 0 Å². The van der Waals surface area contributed by atoms with Crippen LogP contribution in [0.15, 0.2) is 12.1 Å². The molecule has 0 aromatic heterocycles. The molecular weight excluding hydrogens is 390 g/mol. The molecule has 0 unspecified atom stereocenters. The molecule has 0 radical (unpaired) electrons. The van der Waals surface area contributed by atoms with Crippen molar-refractivity contribution in [2.24, 2.45) is 0 Å². The summed E-state index contributed by atoms with van der Waals surface area (Å²) in [6, 6.07) is 5.70. The molecule has 2 heterocycles. The molecule has 2 aliphatic heterocycles. The Balaban J connectivity index is 1.88. The van der Waals surface area contributed by atoms with Crippen molar-refractivity contribution >= 4 is 31.6 Å². The van der Waals surface area contributed by atoms with Crippen LogP contribution in [0.25, 0.3) is 0 Å². The number of benzene rings is 1. The summed E-state index contributed by atoms with van der Waals surface area (Å²) in [7, 11) is -1.92. The normalized spacial score (nSPS) is 23.0. The average molecular weight is 420 g/mol. The van der Waals surface area contributed by atoms with Gasteiger partial charge in [0.25, 0.3) is 0 Å². The highest BCUT2D eigenvalue weighted by atomic mass is 35.5. The standard InChI is InChI=1S/C21H30ClN3O2Si/c1-14-16(10-9-15(12-23)19(14)22)25-13-17-18(8-7-11-24(17)20(25)26)27-28(5,6)21(2,3)4/h9-10,17-18H,7-8,11,13H2,1-6H3/t17-,18-/m1/s1. The number of anilines is 1. The van der Waals surface area contributed by atoms with Crippen molar-refractivity contribution < 1.29 is 9.22 Å². The average Bonchev–Trinajstić information content (AvgIpc) is 2.94. The minimum absolute atomic E-state index is 0.0115. The maximum absolute atomic E-state index is 13.2. The number of carbonyl (C=O) groups excluding carboxylic acids is 1. The fourth-order valence-electron chi connectivity index (χ4n) is 3.84. The SMILES string of the molecule is Cc1c(N2C[C@@H]3[C@H](O[Si](C)(C)C(C)(C)C)CCCN3C2=O)ccc(C#N)c1Cl. The first-order valence-electron chi connectivity index (χ1n) is 9.93. The third-order valence-electron chi connectivity index (χ3n) is 6.58. The summed E-state index contributed by atoms with van der Waals surface area (Å²) in [5.74, 6) is 0. The highest BCUT2D eigenvalue weighted by Gasteiger charge is 2.48. The van der Waals surface area contributed by atoms with Crippen molar-refractivity contribution in [3.8, 4) is 6.07 Å². The van der Waals surface area contributed by atoms with E-state index in [1.54, 1.807) is 11.0 Å². The van der Waals surface area contributed by atoms with Gasteiger partial charge in [0.1, 0.15) is 6.07 Å². The van der Waals surface area contributed by atoms with E-state index in [4.69, 9.17) is 16.0 Å². The summed E-state index contributed by atoms with van der Waals surface area (Å²) < 4.78 is 6.73. The highest BCUT2D eigenvalue weighted by Crippen LogP contribution is 2.41. The first-order chi connectivity index (χ1) is 13.0. The molecule has 28 heavy (non-hydrogen) atoms. The lowest BCUT2D eigenvalue weighted by Crippen LogP contribution is -2.53. The van der Waals surface area contributed by atoms with Crippen LogP contribution in [0, 0.1) is 18.3 Å². The summed E-state index contributed by atoms with van der Waals surface area (Å²) in [5.41, 5.74) is 2.00. The zero-order chi connectivity index (χ0) is 20.9. The summed E-state index contributed by atoms with van der Waals surface area (Å²) in [6.45, 7) is 14.5. The van der Waals surface area contributed by atoms with E-state index in [1.807, 2.05) is 17.9 Å². The number of hydrogen-bond donors (Lipinski definition) is 0. The molecule has 2 fully saturated rings. The predicted octanol–water partition coefficient (Wildman–Crippen LogP) is 5.31. The Labute approximate surface area is 174 Å². The lowest BCUT2D eigenvalue weighted by atomic mass is 10.0. The van der Waals surface area contributed by atoms with Crippen LogP contribution in [0.3, 0.4) is 0 Å². The van der Waals surface area contributed by atoms with E-state index in [0.717, 1.165) is 30.6 Å². The van der Waals surface area contributed by atoms with Crippen molar-refractivity contribution in [3.05, 3.63) is 28.3 Å². The largest absolute Gasteiger partial charge is 0.412 e. The topological polar surface area (TPSA) is 56.6 Å². The van der Waals surface area contributed by atoms with E-state index in [2.05, 4.69) is 39.9 Å². The maximum Gasteiger partial charge on any atom is 0.324 e. The van der Waals surface area contributed by atoms with Crippen LogP contribution in [0.5, 0.6) is 0 Å². The molecule has 0 N–H and O–H groups in total. The quantitative estimate of drug-likeness (QED) is 0.623. The molecule has 2 amide bonds. The van der Waals surface area contributed by atoms with Crippen molar-refractivity contribution in [2.75, 3.05) is 18.0 Å². The zero-order valence-electron chi connectivity index (χ0n) is 17.7. The van der Waals surface area contributed by atoms with Gasteiger partial charge >= 0.3 is 6.03 Å². The molecule has 0 aliphatic carbocycles. The first kappa shape index (κ1) is 21.2. The molecule has 5 nitrogen and oxygen atoms in total. The summed E-state index contributed by atoms with van der Waals surface area (Å²) in [6.07, 6.45) is 2.02. The zero-order valence-corrected chi connectivity index (χ0v) is 19.4. The molecule has 152 valence electrons. The van der Waals surface area contributed by atoms with Gasteiger partial charge in [0.05, 0.1) is 29.3 Å². The first-order valence-corrected chi connectivity index (χ1v) is 13.2. The number of nitriles is 1. The van der Waals surface area contributed by atoms with Crippen LogP contribution in [-0.4, -0.2) is 44.5 Å². The number of urea groups is 1. The second-order valence-corrected chi connectivity index (χ2v) is 14.5. The molecule has 0 spiro atoms. The van der Waals surface area contributed by atoms with E-state index in [-0.39, 0.29) is 23.2 Å². The van der Waals surface area contributed by atoms with E-state index in [1.165, 1.54) is 0 Å². The van der Waals surface area contributed by atoms with Crippen molar-refractivity contribution in [1.29, 1.82) is 5.26 Å². The van der Waals surface area contributed by atoms with E-state index in [0.29, 0.717) is 17.1 Å². The number of piperidine rings is 1. The smallest absolute Gasteiger partial charge is 0.324 e. The fraction of sp³-hybridized carbons (Fsp3) is 0.619. The number of carbonyl (C=O) groups is 1. The van der Waals surface area contributed by atoms with Crippen molar-refractivity contribution in [3.63, 3.8) is 0 Å². The third kappa shape index (κ3) is 3.56. The minimum atomic E-state index is -1.92. The highest BCUT2D eigenvalue weighted by molar-refractivity contribution is 6.74. The van der Waals surface area contributed by atoms with Gasteiger partial charge in [-0.2, -0.15) is 5.26 Å². The van der Waals surface area contributed by atoms with Gasteiger partial charge in [-0.3, -0.25) is 4.90 Å². The lowest BCUT2D eigenvalue weighted by Gasteiger charge is -2.44. The molecule has 7 heteroatoms. The van der Waals surface area contributed by atoms with Gasteiger partial charge in [-0.05, 0) is 55.6 Å². The molecule has 0 bridgehead atoms. The Morgan fingerprint density at radius 3 is 2.61 bits per heavy atom. The third-order valence-corrected chi connectivity index (χ3v) is 11.6. The van der Waals surface area contributed by atoms with Gasteiger partial charge in [0.2, 0.25) is 0 Å². The minimum Gasteiger partial charge on any atom is -0.412 e. The summed E-state index contributed by atoms with van der Waals surface area (Å²) >= 11 is 6.35. The molecule has 2 saturated heterocycles. The number of nitrogens with zero attached hydrogens (tertiary/aromatic N) is 3. The molecule has 0 saturated carbocycles. The van der Waals surface area contributed by atoms with Crippen LogP contribution in [-0.2, 0) is 4.43 Å². The number of hydrogen-bond acceptors (Lipinski definition) is 3. The fourth-order valence-corrected chi connectivity index (χ4v) is 5.43. The van der Waals surface area contributed by atoms with Gasteiger partial charge in [0.15, 0.2) is 8.32 Å². The maximum atomic E-state index is 13.2. The molecule has 2 atom stereocenters. The molecule has 1 aromatic rings. The number of halogens is 1. The van der Waals surface area contributed by atoms with Crippen LogP contribution < -0.4 is 4.90 Å². The Morgan fingerprint density at radius 1 is 1.32 bits per heavy atom. The van der Waals surface area contributed by atoms with E-state index >= 15 is 0 Å². The summed E-state index contributed by atoms with van der Waals surface area (Å²) in [5, 5.41) is 9.75. The van der Waals surface area contributed by atoms with Crippen LogP contribution in [0.1, 0.15) is 44.7 Å². The Kier molecular flexibility index (Phi) is 5.57. The molecule has 3 rings (SSSR count). The van der Waals surface area contributed by atoms with Crippen LogP contribution in [0.2, 0.25) is 23.2 Å². The second-order valence-electron chi connectivity index (χ2n) is 9.40. The Morgan fingerprint density at radius 2 is 2.00 bits per heavy atom. The molecular formula is C21H30ClN3O2Si. The van der Waals surface area contributed by atoms with Gasteiger partial charge in [-0.25, -0.2) is 4.79 Å². The molecule has 2 aliphatic rings. The van der Waals surface area contributed by atoms with Crippen molar-refractivity contribution in [1.82, 2.24) is 4.90 Å². The van der Waals surface area contributed by atoms with Crippen LogP contribution in [0.4, 0.5) is 10.5 Å². The van der Waals surface area contributed by atoms with Crippen molar-refractivity contribution in [2.45, 2.75) is 70.8 Å². The number of amides is 2. The van der Waals surface area contributed by atoms with Gasteiger partial charge in [0, 0.05) is 12.2 Å². The lowest BCUT2D eigenvalue weighted by molar-refractivity contribution is 0.0597. The van der Waals surface area contributed by atoms with E-state index in [9.17, 15) is 10.1 Å². The predicted molar refractivity (Wildman–Crippen MR) is 115 cm³/mol. The Hall–Kier alpha value is -1.55. The van der Waals surface area contributed by atoms with Crippen LogP contribution >= 0.6 is 11.6 Å². The number of rotatable bonds is 3. The molecule has 1 aromatic carbocycles. The van der Waals surface area contributed by atoms with Gasteiger partial charge < -0.3 is 9.33 Å².